The van der Waals surface area contributed by atoms with Gasteiger partial charge in [0.2, 0.25) is 5.91 Å². The molecule has 0 unspecified atom stereocenters. The molecule has 2 aromatic heterocycles. The zero-order valence-corrected chi connectivity index (χ0v) is 16.8. The molecule has 3 heterocycles. The summed E-state index contributed by atoms with van der Waals surface area (Å²) in [4.78, 5) is 31.8. The molecule has 2 aromatic carbocycles. The maximum absolute atomic E-state index is 13.2. The number of nitrogens with zero attached hydrogens (tertiary/aromatic N) is 4. The Bertz CT molecular complexity index is 1290. The van der Waals surface area contributed by atoms with Crippen molar-refractivity contribution in [1.82, 2.24) is 14.1 Å². The Morgan fingerprint density at radius 2 is 1.93 bits per heavy atom. The predicted molar refractivity (Wildman–Crippen MR) is 118 cm³/mol. The van der Waals surface area contributed by atoms with Crippen molar-refractivity contribution in [3.63, 3.8) is 0 Å². The van der Waals surface area contributed by atoms with Crippen LogP contribution in [0.15, 0.2) is 71.8 Å². The molecule has 4 aromatic rings. The third-order valence-corrected chi connectivity index (χ3v) is 5.83. The van der Waals surface area contributed by atoms with E-state index in [1.165, 1.54) is 5.56 Å². The van der Waals surface area contributed by atoms with Crippen LogP contribution in [0.5, 0.6) is 0 Å². The minimum Gasteiger partial charge on any atom is -0.312 e. The molecular weight excluding hydrogens is 376 g/mol. The van der Waals surface area contributed by atoms with Crippen molar-refractivity contribution in [3.8, 4) is 11.1 Å². The Balaban J connectivity index is 1.62. The first-order valence-electron chi connectivity index (χ1n) is 10.1. The van der Waals surface area contributed by atoms with Gasteiger partial charge in [-0.3, -0.25) is 18.9 Å². The summed E-state index contributed by atoms with van der Waals surface area (Å²) in [5.74, 6) is -0.157. The van der Waals surface area contributed by atoms with Gasteiger partial charge in [0.1, 0.15) is 6.54 Å². The number of likely N-dealkylation sites (N-methyl/N-ethyl adjacent to an activating group) is 1. The molecule has 5 rings (SSSR count). The Morgan fingerprint density at radius 1 is 1.10 bits per heavy atom. The number of benzene rings is 2. The Morgan fingerprint density at radius 3 is 2.70 bits per heavy atom. The van der Waals surface area contributed by atoms with Crippen molar-refractivity contribution >= 4 is 22.6 Å². The molecule has 0 bridgehead atoms. The molecular formula is C24H22N4O2. The summed E-state index contributed by atoms with van der Waals surface area (Å²) in [5, 5.41) is 0. The number of rotatable bonds is 4. The van der Waals surface area contributed by atoms with Crippen molar-refractivity contribution in [1.29, 1.82) is 0 Å². The van der Waals surface area contributed by atoms with E-state index >= 15 is 0 Å². The van der Waals surface area contributed by atoms with Gasteiger partial charge in [-0.2, -0.15) is 0 Å². The Labute approximate surface area is 174 Å². The lowest BCUT2D eigenvalue weighted by Gasteiger charge is -2.17. The van der Waals surface area contributed by atoms with Crippen molar-refractivity contribution in [2.45, 2.75) is 25.9 Å². The standard InChI is InChI=1S/C24H22N4O2/c1-26(20-10-5-11-25-15-20)22(29)16-28-21-14-19(17-7-3-2-4-8-17)13-18-9-6-12-27(23(18)21)24(28)30/h2-5,7-8,10-11,13-15H,6,9,12,16H2,1H3. The summed E-state index contributed by atoms with van der Waals surface area (Å²) in [5.41, 5.74) is 5.71. The third kappa shape index (κ3) is 3.01. The van der Waals surface area contributed by atoms with E-state index in [2.05, 4.69) is 23.2 Å². The molecule has 1 aliphatic heterocycles. The highest BCUT2D eigenvalue weighted by molar-refractivity contribution is 5.94. The monoisotopic (exact) mass is 398 g/mol. The highest BCUT2D eigenvalue weighted by Crippen LogP contribution is 2.31. The van der Waals surface area contributed by atoms with E-state index in [0.717, 1.165) is 35.0 Å². The van der Waals surface area contributed by atoms with Gasteiger partial charge in [0.15, 0.2) is 0 Å². The van der Waals surface area contributed by atoms with Crippen LogP contribution in [0.3, 0.4) is 0 Å². The summed E-state index contributed by atoms with van der Waals surface area (Å²) in [6, 6.07) is 18.0. The number of imidazole rings is 1. The first kappa shape index (κ1) is 18.4. The second-order valence-corrected chi connectivity index (χ2v) is 7.66. The molecule has 150 valence electrons. The van der Waals surface area contributed by atoms with E-state index < -0.39 is 0 Å². The molecule has 0 spiro atoms. The zero-order chi connectivity index (χ0) is 20.7. The van der Waals surface area contributed by atoms with Crippen LogP contribution in [0.4, 0.5) is 5.69 Å². The molecule has 0 saturated carbocycles. The smallest absolute Gasteiger partial charge is 0.312 e. The van der Waals surface area contributed by atoms with Gasteiger partial charge in [-0.15, -0.1) is 0 Å². The van der Waals surface area contributed by atoms with E-state index in [9.17, 15) is 9.59 Å². The number of amides is 1. The van der Waals surface area contributed by atoms with Gasteiger partial charge in [-0.05, 0) is 53.8 Å². The van der Waals surface area contributed by atoms with Crippen molar-refractivity contribution in [2.24, 2.45) is 0 Å². The van der Waals surface area contributed by atoms with E-state index in [1.807, 2.05) is 34.9 Å². The second-order valence-electron chi connectivity index (χ2n) is 7.66. The predicted octanol–water partition coefficient (Wildman–Crippen LogP) is 3.47. The van der Waals surface area contributed by atoms with Crippen LogP contribution in [0.25, 0.3) is 22.2 Å². The number of aromatic nitrogens is 3. The number of hydrogen-bond acceptors (Lipinski definition) is 3. The van der Waals surface area contributed by atoms with Crippen molar-refractivity contribution in [2.75, 3.05) is 11.9 Å². The third-order valence-electron chi connectivity index (χ3n) is 5.83. The van der Waals surface area contributed by atoms with E-state index in [-0.39, 0.29) is 18.1 Å². The number of pyridine rings is 1. The lowest BCUT2D eigenvalue weighted by Crippen LogP contribution is -2.34. The van der Waals surface area contributed by atoms with Gasteiger partial charge < -0.3 is 4.90 Å². The maximum Gasteiger partial charge on any atom is 0.329 e. The number of aryl methyl sites for hydroxylation is 2. The summed E-state index contributed by atoms with van der Waals surface area (Å²) >= 11 is 0. The van der Waals surface area contributed by atoms with E-state index in [0.29, 0.717) is 12.2 Å². The van der Waals surface area contributed by atoms with Gasteiger partial charge in [0.05, 0.1) is 22.9 Å². The molecule has 30 heavy (non-hydrogen) atoms. The lowest BCUT2D eigenvalue weighted by atomic mass is 9.97. The minimum absolute atomic E-state index is 0.00852. The highest BCUT2D eigenvalue weighted by Gasteiger charge is 2.23. The fourth-order valence-electron chi connectivity index (χ4n) is 4.25. The molecule has 1 aliphatic rings. The maximum atomic E-state index is 13.2. The second kappa shape index (κ2) is 7.30. The van der Waals surface area contributed by atoms with Crippen LogP contribution in [0.2, 0.25) is 0 Å². The average Bonchev–Trinajstić information content (AvgIpc) is 3.07. The number of anilines is 1. The fraction of sp³-hybridized carbons (Fsp3) is 0.208. The van der Waals surface area contributed by atoms with Crippen molar-refractivity contribution in [3.05, 3.63) is 83.0 Å². The molecule has 0 saturated heterocycles. The molecule has 0 fully saturated rings. The summed E-state index contributed by atoms with van der Waals surface area (Å²) in [6.45, 7) is 0.679. The number of carbonyl (C=O) groups is 1. The quantitative estimate of drug-likeness (QED) is 0.529. The van der Waals surface area contributed by atoms with Crippen LogP contribution in [0, 0.1) is 0 Å². The first-order chi connectivity index (χ1) is 14.6. The van der Waals surface area contributed by atoms with Gasteiger partial charge in [-0.25, -0.2) is 4.79 Å². The number of hydrogen-bond donors (Lipinski definition) is 0. The molecule has 0 radical (unpaired) electrons. The van der Waals surface area contributed by atoms with E-state index in [4.69, 9.17) is 0 Å². The summed E-state index contributed by atoms with van der Waals surface area (Å²) in [7, 11) is 1.71. The molecule has 6 nitrogen and oxygen atoms in total. The minimum atomic E-state index is -0.157. The van der Waals surface area contributed by atoms with Gasteiger partial charge >= 0.3 is 5.69 Å². The van der Waals surface area contributed by atoms with Crippen molar-refractivity contribution < 1.29 is 4.79 Å². The fourth-order valence-corrected chi connectivity index (χ4v) is 4.25. The molecule has 1 amide bonds. The topological polar surface area (TPSA) is 60.1 Å². The largest absolute Gasteiger partial charge is 0.329 e. The van der Waals surface area contributed by atoms with Crippen LogP contribution < -0.4 is 10.6 Å². The molecule has 0 N–H and O–H groups in total. The SMILES string of the molecule is CN(C(=O)Cn1c(=O)n2c3c(cc(-c4ccccc4)cc31)CCC2)c1cccnc1. The first-order valence-corrected chi connectivity index (χ1v) is 10.1. The average molecular weight is 398 g/mol. The van der Waals surface area contributed by atoms with Crippen LogP contribution >= 0.6 is 0 Å². The van der Waals surface area contributed by atoms with E-state index in [1.54, 1.807) is 35.0 Å². The number of carbonyl (C=O) groups excluding carboxylic acids is 1. The van der Waals surface area contributed by atoms with Crippen LogP contribution in [-0.4, -0.2) is 27.1 Å². The van der Waals surface area contributed by atoms with Crippen LogP contribution in [0.1, 0.15) is 12.0 Å². The molecule has 6 heteroatoms. The Kier molecular flexibility index (Phi) is 4.47. The van der Waals surface area contributed by atoms with Crippen LogP contribution in [-0.2, 0) is 24.3 Å². The van der Waals surface area contributed by atoms with Gasteiger partial charge in [0.25, 0.3) is 0 Å². The van der Waals surface area contributed by atoms with Gasteiger partial charge in [-0.1, -0.05) is 30.3 Å². The summed E-state index contributed by atoms with van der Waals surface area (Å²) < 4.78 is 3.44. The van der Waals surface area contributed by atoms with Gasteiger partial charge in [0, 0.05) is 19.8 Å². The highest BCUT2D eigenvalue weighted by atomic mass is 16.2. The summed E-state index contributed by atoms with van der Waals surface area (Å²) in [6.07, 6.45) is 5.17. The molecule has 0 aliphatic carbocycles. The Hall–Kier alpha value is -3.67. The lowest BCUT2D eigenvalue weighted by molar-refractivity contribution is -0.118. The molecule has 0 atom stereocenters. The normalized spacial score (nSPS) is 12.8. The zero-order valence-electron chi connectivity index (χ0n) is 16.8.